The van der Waals surface area contributed by atoms with Gasteiger partial charge in [-0.15, -0.1) is 11.3 Å². The van der Waals surface area contributed by atoms with Crippen LogP contribution in [-0.2, 0) is 20.0 Å². The number of rotatable bonds is 5. The number of aliphatic imine (C=N–C) groups is 1. The first-order valence-corrected chi connectivity index (χ1v) is 9.99. The van der Waals surface area contributed by atoms with Crippen molar-refractivity contribution >= 4 is 38.3 Å². The van der Waals surface area contributed by atoms with E-state index in [0.717, 1.165) is 33.0 Å². The SMILES string of the molecule is COc1cccc(Cn2ncc3c4sc(CC5=NCC=C5)nc4n(C)c3c2=O)n1. The second-order valence-corrected chi connectivity index (χ2v) is 7.86. The maximum Gasteiger partial charge on any atom is 0.291 e. The van der Waals surface area contributed by atoms with E-state index in [2.05, 4.69) is 15.1 Å². The van der Waals surface area contributed by atoms with Crippen molar-refractivity contribution in [2.75, 3.05) is 13.7 Å². The van der Waals surface area contributed by atoms with E-state index in [-0.39, 0.29) is 12.1 Å². The van der Waals surface area contributed by atoms with E-state index in [9.17, 15) is 4.79 Å². The third-order valence-corrected chi connectivity index (χ3v) is 5.99. The first-order valence-electron chi connectivity index (χ1n) is 9.18. The predicted octanol–water partition coefficient (Wildman–Crippen LogP) is 2.35. The van der Waals surface area contributed by atoms with Gasteiger partial charge in [0.05, 0.1) is 36.8 Å². The highest BCUT2D eigenvalue weighted by Gasteiger charge is 2.19. The molecule has 9 heteroatoms. The molecule has 4 aromatic rings. The Kier molecular flexibility index (Phi) is 4.24. The highest BCUT2D eigenvalue weighted by molar-refractivity contribution is 7.19. The monoisotopic (exact) mass is 406 g/mol. The Morgan fingerprint density at radius 3 is 2.97 bits per heavy atom. The first-order chi connectivity index (χ1) is 14.1. The van der Waals surface area contributed by atoms with Crippen LogP contribution in [-0.4, -0.2) is 43.7 Å². The summed E-state index contributed by atoms with van der Waals surface area (Å²) in [5.41, 5.74) is 2.99. The minimum absolute atomic E-state index is 0.163. The molecule has 0 aromatic carbocycles. The highest BCUT2D eigenvalue weighted by atomic mass is 32.1. The molecule has 5 rings (SSSR count). The van der Waals surface area contributed by atoms with E-state index < -0.39 is 0 Å². The van der Waals surface area contributed by atoms with E-state index in [0.29, 0.717) is 23.5 Å². The largest absolute Gasteiger partial charge is 0.481 e. The van der Waals surface area contributed by atoms with Gasteiger partial charge in [0.2, 0.25) is 5.88 Å². The van der Waals surface area contributed by atoms with E-state index in [4.69, 9.17) is 9.72 Å². The van der Waals surface area contributed by atoms with Gasteiger partial charge in [-0.2, -0.15) is 5.10 Å². The van der Waals surface area contributed by atoms with Crippen LogP contribution in [0.5, 0.6) is 5.88 Å². The van der Waals surface area contributed by atoms with Crippen LogP contribution in [0, 0.1) is 0 Å². The van der Waals surface area contributed by atoms with Crippen molar-refractivity contribution in [3.63, 3.8) is 0 Å². The lowest BCUT2D eigenvalue weighted by atomic mass is 10.3. The van der Waals surface area contributed by atoms with Gasteiger partial charge in [-0.05, 0) is 12.1 Å². The van der Waals surface area contributed by atoms with Crippen molar-refractivity contribution in [3.05, 3.63) is 57.6 Å². The lowest BCUT2D eigenvalue weighted by molar-refractivity contribution is 0.395. The number of pyridine rings is 1. The second-order valence-electron chi connectivity index (χ2n) is 6.77. The maximum atomic E-state index is 13.1. The zero-order valence-electron chi connectivity index (χ0n) is 16.0. The molecule has 0 saturated carbocycles. The topological polar surface area (TPSA) is 87.2 Å². The summed E-state index contributed by atoms with van der Waals surface area (Å²) < 4.78 is 9.42. The van der Waals surface area contributed by atoms with Crippen LogP contribution in [0.3, 0.4) is 0 Å². The molecule has 0 spiro atoms. The van der Waals surface area contributed by atoms with Gasteiger partial charge in [0, 0.05) is 30.6 Å². The zero-order chi connectivity index (χ0) is 20.0. The molecule has 0 saturated heterocycles. The predicted molar refractivity (Wildman–Crippen MR) is 113 cm³/mol. The van der Waals surface area contributed by atoms with Gasteiger partial charge in [-0.25, -0.2) is 14.6 Å². The molecule has 1 aliphatic rings. The highest BCUT2D eigenvalue weighted by Crippen LogP contribution is 2.31. The standard InChI is InChI=1S/C20H18N6O2S/c1-25-17-14(18-19(25)24-16(29-18)9-12-6-4-8-21-12)10-22-26(20(17)27)11-13-5-3-7-15(23-13)28-2/h3-7,10H,8-9,11H2,1-2H3. The average Bonchev–Trinajstić information content (AvgIpc) is 3.44. The zero-order valence-corrected chi connectivity index (χ0v) is 16.8. The minimum Gasteiger partial charge on any atom is -0.481 e. The van der Waals surface area contributed by atoms with Crippen molar-refractivity contribution in [2.45, 2.75) is 13.0 Å². The van der Waals surface area contributed by atoms with Gasteiger partial charge >= 0.3 is 0 Å². The minimum atomic E-state index is -0.163. The van der Waals surface area contributed by atoms with Gasteiger partial charge in [-0.3, -0.25) is 9.79 Å². The molecule has 0 bridgehead atoms. The average molecular weight is 406 g/mol. The normalized spacial score (nSPS) is 13.5. The number of aromatic nitrogens is 5. The quantitative estimate of drug-likeness (QED) is 0.508. The summed E-state index contributed by atoms with van der Waals surface area (Å²) in [6.07, 6.45) is 6.54. The van der Waals surface area contributed by atoms with E-state index in [1.54, 1.807) is 30.7 Å². The number of hydrogen-bond donors (Lipinski definition) is 0. The Balaban J connectivity index is 1.55. The fourth-order valence-electron chi connectivity index (χ4n) is 3.51. The van der Waals surface area contributed by atoms with Crippen LogP contribution in [0.15, 0.2) is 46.3 Å². The number of aryl methyl sites for hydroxylation is 1. The number of hydrogen-bond acceptors (Lipinski definition) is 7. The van der Waals surface area contributed by atoms with Gasteiger partial charge in [0.25, 0.3) is 5.56 Å². The van der Waals surface area contributed by atoms with Crippen molar-refractivity contribution in [2.24, 2.45) is 12.0 Å². The molecular formula is C20H18N6O2S. The van der Waals surface area contributed by atoms with Crippen molar-refractivity contribution in [1.29, 1.82) is 0 Å². The van der Waals surface area contributed by atoms with Crippen LogP contribution in [0.2, 0.25) is 0 Å². The molecular weight excluding hydrogens is 388 g/mol. The van der Waals surface area contributed by atoms with Crippen molar-refractivity contribution < 1.29 is 4.74 Å². The van der Waals surface area contributed by atoms with Gasteiger partial charge in [0.1, 0.15) is 10.5 Å². The van der Waals surface area contributed by atoms with Crippen LogP contribution < -0.4 is 10.3 Å². The smallest absolute Gasteiger partial charge is 0.291 e. The molecule has 0 aliphatic carbocycles. The fraction of sp³-hybridized carbons (Fsp3) is 0.250. The molecule has 29 heavy (non-hydrogen) atoms. The summed E-state index contributed by atoms with van der Waals surface area (Å²) in [5.74, 6) is 0.509. The van der Waals surface area contributed by atoms with E-state index in [1.807, 2.05) is 35.9 Å². The number of allylic oxidation sites excluding steroid dienone is 1. The third kappa shape index (κ3) is 3.03. The summed E-state index contributed by atoms with van der Waals surface area (Å²) in [4.78, 5) is 26.7. The Morgan fingerprint density at radius 2 is 2.17 bits per heavy atom. The van der Waals surface area contributed by atoms with Gasteiger partial charge < -0.3 is 9.30 Å². The molecule has 146 valence electrons. The molecule has 0 N–H and O–H groups in total. The molecule has 0 radical (unpaired) electrons. The van der Waals surface area contributed by atoms with Gasteiger partial charge in [-0.1, -0.05) is 12.1 Å². The molecule has 0 fully saturated rings. The summed E-state index contributed by atoms with van der Waals surface area (Å²) in [6, 6.07) is 5.46. The molecule has 0 amide bonds. The molecule has 0 atom stereocenters. The van der Waals surface area contributed by atoms with Crippen molar-refractivity contribution in [3.8, 4) is 5.88 Å². The molecule has 1 aliphatic heterocycles. The lowest BCUT2D eigenvalue weighted by Gasteiger charge is -2.06. The molecule has 0 unspecified atom stereocenters. The number of methoxy groups -OCH3 is 1. The number of ether oxygens (including phenoxy) is 1. The fourth-order valence-corrected chi connectivity index (χ4v) is 4.64. The summed E-state index contributed by atoms with van der Waals surface area (Å²) in [5, 5.41) is 6.20. The molecule has 4 aromatic heterocycles. The Bertz CT molecular complexity index is 1360. The van der Waals surface area contributed by atoms with E-state index in [1.165, 1.54) is 4.68 Å². The van der Waals surface area contributed by atoms with E-state index >= 15 is 0 Å². The number of thiazole rings is 1. The molecule has 8 nitrogen and oxygen atoms in total. The Labute approximate surface area is 169 Å². The van der Waals surface area contributed by atoms with Crippen LogP contribution >= 0.6 is 11.3 Å². The third-order valence-electron chi connectivity index (χ3n) is 4.91. The summed E-state index contributed by atoms with van der Waals surface area (Å²) in [6.45, 7) is 1.02. The first kappa shape index (κ1) is 17.7. The van der Waals surface area contributed by atoms with Crippen LogP contribution in [0.4, 0.5) is 0 Å². The Hall–Kier alpha value is -3.33. The number of fused-ring (bicyclic) bond motifs is 3. The number of nitrogens with zero attached hydrogens (tertiary/aromatic N) is 6. The van der Waals surface area contributed by atoms with Crippen LogP contribution in [0.25, 0.3) is 21.3 Å². The summed E-state index contributed by atoms with van der Waals surface area (Å²) in [7, 11) is 3.44. The van der Waals surface area contributed by atoms with Crippen molar-refractivity contribution in [1.82, 2.24) is 24.3 Å². The van der Waals surface area contributed by atoms with Gasteiger partial charge in [0.15, 0.2) is 5.65 Å². The van der Waals surface area contributed by atoms with Crippen LogP contribution in [0.1, 0.15) is 10.7 Å². The molecule has 5 heterocycles. The summed E-state index contributed by atoms with van der Waals surface area (Å²) >= 11 is 1.59. The Morgan fingerprint density at radius 1 is 1.28 bits per heavy atom. The second kappa shape index (κ2) is 6.93. The maximum absolute atomic E-state index is 13.1. The lowest BCUT2D eigenvalue weighted by Crippen LogP contribution is -2.25.